The number of nitrogens with one attached hydrogen (secondary N) is 1. The second-order valence-electron chi connectivity index (χ2n) is 7.38. The summed E-state index contributed by atoms with van der Waals surface area (Å²) in [5, 5.41) is 3.60. The summed E-state index contributed by atoms with van der Waals surface area (Å²) in [7, 11) is 0. The van der Waals surface area contributed by atoms with E-state index in [1.165, 1.54) is 25.8 Å². The van der Waals surface area contributed by atoms with Crippen molar-refractivity contribution in [3.63, 3.8) is 0 Å². The Morgan fingerprint density at radius 3 is 2.12 bits per heavy atom. The maximum Gasteiger partial charge on any atom is 0.00444 e. The molecule has 0 saturated carbocycles. The van der Waals surface area contributed by atoms with Crippen molar-refractivity contribution in [2.45, 2.75) is 73.8 Å². The Morgan fingerprint density at radius 1 is 1.19 bits per heavy atom. The molecule has 1 rings (SSSR count). The molecule has 1 nitrogen and oxygen atoms in total. The van der Waals surface area contributed by atoms with Gasteiger partial charge in [-0.05, 0) is 42.6 Å². The largest absolute Gasteiger partial charge is 0.314 e. The van der Waals surface area contributed by atoms with Crippen LogP contribution in [0.4, 0.5) is 0 Å². The highest BCUT2D eigenvalue weighted by atomic mass is 14.9. The molecule has 1 fully saturated rings. The Hall–Kier alpha value is -0.0400. The molecule has 1 heteroatoms. The van der Waals surface area contributed by atoms with Crippen LogP contribution in [0, 0.1) is 16.2 Å². The number of hydrogen-bond donors (Lipinski definition) is 1. The predicted molar refractivity (Wildman–Crippen MR) is 72.7 cm³/mol. The summed E-state index contributed by atoms with van der Waals surface area (Å²) in [6, 6.07) is 0.666. The summed E-state index contributed by atoms with van der Waals surface area (Å²) in [6.45, 7) is 18.1. The molecule has 0 bridgehead atoms. The Balaban J connectivity index is 3.12. The van der Waals surface area contributed by atoms with Crippen molar-refractivity contribution in [3.8, 4) is 0 Å². The van der Waals surface area contributed by atoms with Gasteiger partial charge in [0.25, 0.3) is 0 Å². The zero-order chi connectivity index (χ0) is 12.6. The molecule has 0 aromatic heterocycles. The van der Waals surface area contributed by atoms with E-state index in [0.29, 0.717) is 22.3 Å². The Labute approximate surface area is 102 Å². The Bertz CT molecular complexity index is 236. The molecule has 96 valence electrons. The van der Waals surface area contributed by atoms with Gasteiger partial charge in [-0.3, -0.25) is 0 Å². The molecule has 1 saturated heterocycles. The lowest BCUT2D eigenvalue weighted by Crippen LogP contribution is -2.55. The highest BCUT2D eigenvalue weighted by Crippen LogP contribution is 2.59. The Morgan fingerprint density at radius 2 is 1.75 bits per heavy atom. The molecule has 2 atom stereocenters. The molecule has 2 unspecified atom stereocenters. The molecule has 1 aliphatic rings. The first kappa shape index (κ1) is 14.0. The van der Waals surface area contributed by atoms with E-state index < -0.39 is 0 Å². The molecule has 1 aliphatic heterocycles. The summed E-state index contributed by atoms with van der Waals surface area (Å²) >= 11 is 0. The van der Waals surface area contributed by atoms with Gasteiger partial charge < -0.3 is 5.32 Å². The molecular weight excluding hydrogens is 194 g/mol. The lowest BCUT2D eigenvalue weighted by Gasteiger charge is -2.58. The summed E-state index contributed by atoms with van der Waals surface area (Å²) in [5.41, 5.74) is 1.30. The first-order valence-electron chi connectivity index (χ1n) is 6.90. The molecule has 0 aromatic carbocycles. The Kier molecular flexibility index (Phi) is 3.79. The van der Waals surface area contributed by atoms with Crippen molar-refractivity contribution in [3.05, 3.63) is 0 Å². The average molecular weight is 225 g/mol. The van der Waals surface area contributed by atoms with E-state index in [-0.39, 0.29) is 0 Å². The van der Waals surface area contributed by atoms with E-state index in [0.717, 1.165) is 0 Å². The third-order valence-corrected chi connectivity index (χ3v) is 5.31. The second kappa shape index (κ2) is 4.33. The topological polar surface area (TPSA) is 12.0 Å². The van der Waals surface area contributed by atoms with Crippen LogP contribution in [0.15, 0.2) is 0 Å². The maximum atomic E-state index is 3.60. The number of hydrogen-bond acceptors (Lipinski definition) is 1. The summed E-state index contributed by atoms with van der Waals surface area (Å²) < 4.78 is 0. The van der Waals surface area contributed by atoms with Gasteiger partial charge in [0.05, 0.1) is 0 Å². The third-order valence-electron chi connectivity index (χ3n) is 5.31. The van der Waals surface area contributed by atoms with Gasteiger partial charge in [0.1, 0.15) is 0 Å². The van der Waals surface area contributed by atoms with Gasteiger partial charge in [0, 0.05) is 6.04 Å². The van der Waals surface area contributed by atoms with Crippen molar-refractivity contribution in [1.29, 1.82) is 0 Å². The van der Waals surface area contributed by atoms with Gasteiger partial charge in [0.15, 0.2) is 0 Å². The van der Waals surface area contributed by atoms with Crippen LogP contribution in [0.3, 0.4) is 0 Å². The van der Waals surface area contributed by atoms with Crippen LogP contribution in [0.2, 0.25) is 0 Å². The summed E-state index contributed by atoms with van der Waals surface area (Å²) in [4.78, 5) is 0. The van der Waals surface area contributed by atoms with E-state index >= 15 is 0 Å². The third kappa shape index (κ3) is 2.16. The summed E-state index contributed by atoms with van der Waals surface area (Å²) in [6.07, 6.45) is 3.91. The van der Waals surface area contributed by atoms with Crippen molar-refractivity contribution >= 4 is 0 Å². The van der Waals surface area contributed by atoms with Crippen molar-refractivity contribution in [2.75, 3.05) is 6.54 Å². The first-order chi connectivity index (χ1) is 7.16. The lowest BCUT2D eigenvalue weighted by atomic mass is 9.48. The van der Waals surface area contributed by atoms with Gasteiger partial charge in [-0.25, -0.2) is 0 Å². The van der Waals surface area contributed by atoms with E-state index in [4.69, 9.17) is 0 Å². The number of piperidine rings is 1. The van der Waals surface area contributed by atoms with E-state index in [1.54, 1.807) is 0 Å². The lowest BCUT2D eigenvalue weighted by molar-refractivity contribution is -0.0798. The molecule has 0 aromatic rings. The fourth-order valence-electron chi connectivity index (χ4n) is 3.88. The molecule has 0 amide bonds. The minimum atomic E-state index is 0.392. The highest BCUT2D eigenvalue weighted by Gasteiger charge is 2.52. The van der Waals surface area contributed by atoms with E-state index in [9.17, 15) is 0 Å². The van der Waals surface area contributed by atoms with Crippen molar-refractivity contribution in [2.24, 2.45) is 16.2 Å². The minimum Gasteiger partial charge on any atom is -0.314 e. The van der Waals surface area contributed by atoms with Crippen LogP contribution < -0.4 is 5.32 Å². The van der Waals surface area contributed by atoms with Gasteiger partial charge in [-0.15, -0.1) is 0 Å². The summed E-state index contributed by atoms with van der Waals surface area (Å²) in [5.74, 6) is 0. The monoisotopic (exact) mass is 225 g/mol. The van der Waals surface area contributed by atoms with Crippen molar-refractivity contribution in [1.82, 2.24) is 5.32 Å². The molecule has 0 radical (unpaired) electrons. The fraction of sp³-hybridized carbons (Fsp3) is 1.00. The quantitative estimate of drug-likeness (QED) is 0.741. The maximum absolute atomic E-state index is 3.60. The van der Waals surface area contributed by atoms with Gasteiger partial charge in [-0.2, -0.15) is 0 Å². The average Bonchev–Trinajstić information content (AvgIpc) is 2.15. The van der Waals surface area contributed by atoms with E-state index in [1.807, 2.05) is 0 Å². The zero-order valence-electron chi connectivity index (χ0n) is 12.4. The van der Waals surface area contributed by atoms with Crippen LogP contribution in [0.1, 0.15) is 67.7 Å². The molecule has 1 N–H and O–H groups in total. The van der Waals surface area contributed by atoms with Crippen LogP contribution in [-0.2, 0) is 0 Å². The standard InChI is InChI=1S/C15H31N/c1-8-14(6,7)15(13(3,4)5)9-10-16-12(2)11-15/h12,16H,8-11H2,1-7H3. The molecule has 16 heavy (non-hydrogen) atoms. The van der Waals surface area contributed by atoms with Crippen LogP contribution in [-0.4, -0.2) is 12.6 Å². The fourth-order valence-corrected chi connectivity index (χ4v) is 3.88. The SMILES string of the molecule is CCC(C)(C)C1(C(C)(C)C)CCNC(C)C1. The van der Waals surface area contributed by atoms with Crippen LogP contribution >= 0.6 is 0 Å². The molecular formula is C15H31N. The van der Waals surface area contributed by atoms with Gasteiger partial charge in [0.2, 0.25) is 0 Å². The zero-order valence-corrected chi connectivity index (χ0v) is 12.4. The molecule has 0 spiro atoms. The molecule has 1 heterocycles. The minimum absolute atomic E-state index is 0.392. The van der Waals surface area contributed by atoms with Gasteiger partial charge >= 0.3 is 0 Å². The van der Waals surface area contributed by atoms with Crippen LogP contribution in [0.25, 0.3) is 0 Å². The van der Waals surface area contributed by atoms with Crippen LogP contribution in [0.5, 0.6) is 0 Å². The smallest absolute Gasteiger partial charge is 0.00444 e. The normalized spacial score (nSPS) is 32.8. The predicted octanol–water partition coefficient (Wildman–Crippen LogP) is 4.23. The van der Waals surface area contributed by atoms with Gasteiger partial charge in [-0.1, -0.05) is 48.0 Å². The van der Waals surface area contributed by atoms with E-state index in [2.05, 4.69) is 53.8 Å². The number of rotatable bonds is 2. The first-order valence-corrected chi connectivity index (χ1v) is 6.90. The van der Waals surface area contributed by atoms with Crippen molar-refractivity contribution < 1.29 is 0 Å². The molecule has 0 aliphatic carbocycles. The highest BCUT2D eigenvalue weighted by molar-refractivity contribution is 5.03. The second-order valence-corrected chi connectivity index (χ2v) is 7.38.